The summed E-state index contributed by atoms with van der Waals surface area (Å²) in [7, 11) is 3.07. The molecular weight excluding hydrogens is 329 g/mol. The van der Waals surface area contributed by atoms with Gasteiger partial charge < -0.3 is 15.2 Å². The van der Waals surface area contributed by atoms with Crippen molar-refractivity contribution in [2.45, 2.75) is 6.92 Å². The third-order valence-electron chi connectivity index (χ3n) is 2.76. The van der Waals surface area contributed by atoms with Crippen molar-refractivity contribution in [3.63, 3.8) is 0 Å². The smallest absolute Gasteiger partial charge is 0.186 e. The van der Waals surface area contributed by atoms with Crippen LogP contribution in [0.2, 0.25) is 0 Å². The predicted molar refractivity (Wildman–Crippen MR) is 77.4 cm³/mol. The fourth-order valence-electron chi connectivity index (χ4n) is 1.73. The van der Waals surface area contributed by atoms with Crippen molar-refractivity contribution in [3.8, 4) is 22.9 Å². The lowest BCUT2D eigenvalue weighted by Crippen LogP contribution is -2.03. The highest BCUT2D eigenvalue weighted by atomic mass is 79.9. The van der Waals surface area contributed by atoms with Crippen LogP contribution in [0.3, 0.4) is 0 Å². The SMILES string of the molecule is COc1cc(Br)c(-c2nc(C)c(F)c(N)n2)cc1OC. The number of methoxy groups -OCH3 is 2. The highest BCUT2D eigenvalue weighted by molar-refractivity contribution is 9.10. The van der Waals surface area contributed by atoms with Crippen molar-refractivity contribution >= 4 is 21.7 Å². The molecule has 0 saturated carbocycles. The Balaban J connectivity index is 2.63. The van der Waals surface area contributed by atoms with Crippen LogP contribution in [0.25, 0.3) is 11.4 Å². The first-order valence-electron chi connectivity index (χ1n) is 5.69. The van der Waals surface area contributed by atoms with E-state index in [-0.39, 0.29) is 11.5 Å². The van der Waals surface area contributed by atoms with E-state index in [2.05, 4.69) is 25.9 Å². The Morgan fingerprint density at radius 2 is 1.75 bits per heavy atom. The van der Waals surface area contributed by atoms with Crippen molar-refractivity contribution < 1.29 is 13.9 Å². The fourth-order valence-corrected chi connectivity index (χ4v) is 2.23. The lowest BCUT2D eigenvalue weighted by Gasteiger charge is -2.12. The van der Waals surface area contributed by atoms with Gasteiger partial charge >= 0.3 is 0 Å². The van der Waals surface area contributed by atoms with Gasteiger partial charge in [-0.05, 0) is 35.0 Å². The normalized spacial score (nSPS) is 10.4. The van der Waals surface area contributed by atoms with Gasteiger partial charge in [-0.1, -0.05) is 0 Å². The second-order valence-corrected chi connectivity index (χ2v) is 4.87. The van der Waals surface area contributed by atoms with E-state index in [1.807, 2.05) is 0 Å². The Kier molecular flexibility index (Phi) is 4.08. The fraction of sp³-hybridized carbons (Fsp3) is 0.231. The molecule has 2 rings (SSSR count). The molecule has 1 aromatic heterocycles. The number of nitrogen functional groups attached to an aromatic ring is 1. The summed E-state index contributed by atoms with van der Waals surface area (Å²) in [5, 5.41) is 0. The van der Waals surface area contributed by atoms with Crippen LogP contribution < -0.4 is 15.2 Å². The first kappa shape index (κ1) is 14.5. The highest BCUT2D eigenvalue weighted by Crippen LogP contribution is 2.37. The van der Waals surface area contributed by atoms with E-state index in [1.54, 1.807) is 19.2 Å². The molecule has 0 aliphatic heterocycles. The van der Waals surface area contributed by atoms with Crippen LogP contribution in [0.15, 0.2) is 16.6 Å². The minimum Gasteiger partial charge on any atom is -0.493 e. The van der Waals surface area contributed by atoms with Gasteiger partial charge in [0.1, 0.15) is 0 Å². The van der Waals surface area contributed by atoms with Crippen LogP contribution >= 0.6 is 15.9 Å². The average Bonchev–Trinajstić information content (AvgIpc) is 2.43. The largest absolute Gasteiger partial charge is 0.493 e. The molecule has 106 valence electrons. The molecule has 2 aromatic rings. The van der Waals surface area contributed by atoms with Crippen molar-refractivity contribution in [2.24, 2.45) is 0 Å². The summed E-state index contributed by atoms with van der Waals surface area (Å²) in [6, 6.07) is 3.43. The number of benzene rings is 1. The number of hydrogen-bond acceptors (Lipinski definition) is 5. The first-order valence-corrected chi connectivity index (χ1v) is 6.48. The maximum Gasteiger partial charge on any atom is 0.186 e. The number of rotatable bonds is 3. The molecule has 0 fully saturated rings. The van der Waals surface area contributed by atoms with E-state index in [9.17, 15) is 4.39 Å². The van der Waals surface area contributed by atoms with E-state index in [0.29, 0.717) is 27.4 Å². The monoisotopic (exact) mass is 341 g/mol. The van der Waals surface area contributed by atoms with E-state index >= 15 is 0 Å². The number of nitrogens with two attached hydrogens (primary N) is 1. The first-order chi connectivity index (χ1) is 9.47. The molecule has 0 atom stereocenters. The van der Waals surface area contributed by atoms with Crippen LogP contribution in [0, 0.1) is 12.7 Å². The molecule has 0 aliphatic carbocycles. The molecule has 1 aromatic carbocycles. The summed E-state index contributed by atoms with van der Waals surface area (Å²) >= 11 is 3.41. The topological polar surface area (TPSA) is 70.3 Å². The second kappa shape index (κ2) is 5.62. The Labute approximate surface area is 124 Å². The zero-order chi connectivity index (χ0) is 14.9. The molecular formula is C13H13BrFN3O2. The lowest BCUT2D eigenvalue weighted by atomic mass is 10.2. The van der Waals surface area contributed by atoms with E-state index in [0.717, 1.165) is 0 Å². The standard InChI is InChI=1S/C13H13BrFN3O2/c1-6-11(15)12(16)18-13(17-6)7-4-9(19-2)10(20-3)5-8(7)14/h4-5H,1-3H3,(H2,16,17,18). The highest BCUT2D eigenvalue weighted by Gasteiger charge is 2.16. The number of nitrogens with zero attached hydrogens (tertiary/aromatic N) is 2. The van der Waals surface area contributed by atoms with Crippen LogP contribution in [-0.4, -0.2) is 24.2 Å². The minimum absolute atomic E-state index is 0.186. The molecule has 20 heavy (non-hydrogen) atoms. The molecule has 1 heterocycles. The van der Waals surface area contributed by atoms with Crippen molar-refractivity contribution in [2.75, 3.05) is 20.0 Å². The number of aryl methyl sites for hydroxylation is 1. The van der Waals surface area contributed by atoms with Gasteiger partial charge in [0.2, 0.25) is 0 Å². The lowest BCUT2D eigenvalue weighted by molar-refractivity contribution is 0.355. The van der Waals surface area contributed by atoms with E-state index < -0.39 is 5.82 Å². The molecule has 0 aliphatic rings. The number of hydrogen-bond donors (Lipinski definition) is 1. The minimum atomic E-state index is -0.606. The van der Waals surface area contributed by atoms with Gasteiger partial charge in [0.15, 0.2) is 29.0 Å². The zero-order valence-electron chi connectivity index (χ0n) is 11.2. The molecule has 0 bridgehead atoms. The molecule has 5 nitrogen and oxygen atoms in total. The van der Waals surface area contributed by atoms with Crippen molar-refractivity contribution in [3.05, 3.63) is 28.1 Å². The summed E-state index contributed by atoms with van der Waals surface area (Å²) in [5.74, 6) is 0.610. The maximum atomic E-state index is 13.5. The van der Waals surface area contributed by atoms with E-state index in [4.69, 9.17) is 15.2 Å². The van der Waals surface area contributed by atoms with Crippen LogP contribution in [0.4, 0.5) is 10.2 Å². The number of ether oxygens (including phenoxy) is 2. The molecule has 0 amide bonds. The van der Waals surface area contributed by atoms with Crippen molar-refractivity contribution in [1.29, 1.82) is 0 Å². The molecule has 0 radical (unpaired) electrons. The summed E-state index contributed by atoms with van der Waals surface area (Å²) < 4.78 is 24.6. The summed E-state index contributed by atoms with van der Waals surface area (Å²) in [5.41, 5.74) is 6.36. The third kappa shape index (κ3) is 2.53. The van der Waals surface area contributed by atoms with Gasteiger partial charge in [-0.2, -0.15) is 0 Å². The zero-order valence-corrected chi connectivity index (χ0v) is 12.8. The summed E-state index contributed by atoms with van der Waals surface area (Å²) in [6.07, 6.45) is 0. The van der Waals surface area contributed by atoms with Gasteiger partial charge in [-0.3, -0.25) is 0 Å². The molecule has 0 unspecified atom stereocenters. The maximum absolute atomic E-state index is 13.5. The van der Waals surface area contributed by atoms with Crippen molar-refractivity contribution in [1.82, 2.24) is 9.97 Å². The predicted octanol–water partition coefficient (Wildman–Crippen LogP) is 2.95. The Morgan fingerprint density at radius 1 is 1.15 bits per heavy atom. The van der Waals surface area contributed by atoms with Gasteiger partial charge in [0, 0.05) is 10.0 Å². The Bertz CT molecular complexity index is 641. The molecule has 7 heteroatoms. The summed E-state index contributed by atoms with van der Waals surface area (Å²) in [6.45, 7) is 1.53. The summed E-state index contributed by atoms with van der Waals surface area (Å²) in [4.78, 5) is 8.06. The number of halogens is 2. The second-order valence-electron chi connectivity index (χ2n) is 4.02. The van der Waals surface area contributed by atoms with Crippen LogP contribution in [0.1, 0.15) is 5.69 Å². The molecule has 0 saturated heterocycles. The van der Waals surface area contributed by atoms with Gasteiger partial charge in [0.25, 0.3) is 0 Å². The quantitative estimate of drug-likeness (QED) is 0.929. The Hall–Kier alpha value is -1.89. The average molecular weight is 342 g/mol. The van der Waals surface area contributed by atoms with Crippen LogP contribution in [0.5, 0.6) is 11.5 Å². The molecule has 0 spiro atoms. The number of aromatic nitrogens is 2. The van der Waals surface area contributed by atoms with Crippen LogP contribution in [-0.2, 0) is 0 Å². The van der Waals surface area contributed by atoms with Gasteiger partial charge in [0.05, 0.1) is 19.9 Å². The Morgan fingerprint density at radius 3 is 2.30 bits per heavy atom. The molecule has 2 N–H and O–H groups in total. The third-order valence-corrected chi connectivity index (χ3v) is 3.41. The number of anilines is 1. The van der Waals surface area contributed by atoms with Gasteiger partial charge in [-0.25, -0.2) is 14.4 Å². The van der Waals surface area contributed by atoms with Gasteiger partial charge in [-0.15, -0.1) is 0 Å². The van der Waals surface area contributed by atoms with E-state index in [1.165, 1.54) is 14.0 Å².